The van der Waals surface area contributed by atoms with Gasteiger partial charge in [0.25, 0.3) is 0 Å². The van der Waals surface area contributed by atoms with Crippen LogP contribution < -0.4 is 0 Å². The van der Waals surface area contributed by atoms with E-state index in [1.54, 1.807) is 0 Å². The smallest absolute Gasteiger partial charge is 0.151 e. The van der Waals surface area contributed by atoms with Gasteiger partial charge in [-0.2, -0.15) is 0 Å². The molecule has 1 saturated heterocycles. The molecule has 0 N–H and O–H groups in total. The van der Waals surface area contributed by atoms with Gasteiger partial charge < -0.3 is 0 Å². The highest BCUT2D eigenvalue weighted by Gasteiger charge is 2.60. The Kier molecular flexibility index (Phi) is 1.89. The molecule has 3 rings (SSSR count). The average molecular weight is 226 g/mol. The molecule has 0 aromatic carbocycles. The molecule has 1 aliphatic heterocycles. The normalized spacial score (nSPS) is 47.2. The molecule has 0 amide bonds. The molecular weight excluding hydrogens is 208 g/mol. The number of hydrogen-bond donors (Lipinski definition) is 0. The fourth-order valence-corrected chi connectivity index (χ4v) is 7.10. The summed E-state index contributed by atoms with van der Waals surface area (Å²) < 4.78 is 23.9. The molecule has 0 unspecified atom stereocenters. The Labute approximate surface area is 91.7 Å². The first-order chi connectivity index (χ1) is 7.08. The third-order valence-electron chi connectivity index (χ3n) is 4.86. The Bertz CT molecular complexity index is 377. The van der Waals surface area contributed by atoms with E-state index >= 15 is 0 Å². The quantitative estimate of drug-likeness (QED) is 0.594. The van der Waals surface area contributed by atoms with Gasteiger partial charge in [0, 0.05) is 0 Å². The minimum Gasteiger partial charge on any atom is -0.229 e. The van der Waals surface area contributed by atoms with Gasteiger partial charge in [0.15, 0.2) is 9.84 Å². The molecule has 2 nitrogen and oxygen atoms in total. The van der Waals surface area contributed by atoms with E-state index < -0.39 is 9.84 Å². The molecule has 2 fully saturated rings. The van der Waals surface area contributed by atoms with Gasteiger partial charge >= 0.3 is 0 Å². The van der Waals surface area contributed by atoms with Gasteiger partial charge in [-0.3, -0.25) is 0 Å². The van der Waals surface area contributed by atoms with E-state index in [1.165, 1.54) is 12.8 Å². The van der Waals surface area contributed by atoms with Crippen LogP contribution in [0.15, 0.2) is 12.2 Å². The van der Waals surface area contributed by atoms with Crippen LogP contribution in [0.5, 0.6) is 0 Å². The van der Waals surface area contributed by atoms with Crippen molar-refractivity contribution < 1.29 is 8.42 Å². The monoisotopic (exact) mass is 226 g/mol. The van der Waals surface area contributed by atoms with E-state index in [9.17, 15) is 8.42 Å². The lowest BCUT2D eigenvalue weighted by atomic mass is 9.53. The first kappa shape index (κ1) is 9.88. The maximum Gasteiger partial charge on any atom is 0.151 e. The van der Waals surface area contributed by atoms with E-state index in [0.29, 0.717) is 11.5 Å². The van der Waals surface area contributed by atoms with Crippen LogP contribution in [-0.4, -0.2) is 19.9 Å². The number of rotatable bonds is 0. The Morgan fingerprint density at radius 1 is 0.867 bits per heavy atom. The van der Waals surface area contributed by atoms with Crippen molar-refractivity contribution >= 4 is 9.84 Å². The van der Waals surface area contributed by atoms with Crippen LogP contribution in [0.2, 0.25) is 0 Å². The highest BCUT2D eigenvalue weighted by atomic mass is 32.2. The zero-order valence-electron chi connectivity index (χ0n) is 9.04. The van der Waals surface area contributed by atoms with Crippen LogP contribution in [0.4, 0.5) is 0 Å². The van der Waals surface area contributed by atoms with Gasteiger partial charge in [0.1, 0.15) is 0 Å². The molecule has 0 spiro atoms. The summed E-state index contributed by atoms with van der Waals surface area (Å²) in [6, 6.07) is 0. The molecule has 15 heavy (non-hydrogen) atoms. The Morgan fingerprint density at radius 3 is 1.80 bits per heavy atom. The van der Waals surface area contributed by atoms with E-state index in [1.807, 2.05) is 0 Å². The van der Waals surface area contributed by atoms with Gasteiger partial charge in [-0.05, 0) is 36.5 Å². The summed E-state index contributed by atoms with van der Waals surface area (Å²) in [5.74, 6) is 0.925. The number of allylic oxidation sites excluding steroid dienone is 2. The Morgan fingerprint density at radius 2 is 1.33 bits per heavy atom. The first-order valence-electron chi connectivity index (χ1n) is 5.93. The van der Waals surface area contributed by atoms with Crippen LogP contribution in [0, 0.1) is 10.8 Å². The van der Waals surface area contributed by atoms with Crippen LogP contribution in [0.25, 0.3) is 0 Å². The standard InChI is InChI=1S/C12H18O2S/c13-15(14)9-11-5-1-2-6-12(11,10-15)8-4-3-7-11/h1-2H,3-10H2/t11-,12-/m0/s1. The summed E-state index contributed by atoms with van der Waals surface area (Å²) in [6.45, 7) is 0. The molecule has 2 aliphatic carbocycles. The molecule has 2 atom stereocenters. The fourth-order valence-electron chi connectivity index (χ4n) is 4.17. The maximum absolute atomic E-state index is 11.9. The summed E-state index contributed by atoms with van der Waals surface area (Å²) in [6.07, 6.45) is 11.2. The largest absolute Gasteiger partial charge is 0.229 e. The topological polar surface area (TPSA) is 34.1 Å². The van der Waals surface area contributed by atoms with Crippen LogP contribution in [0.1, 0.15) is 38.5 Å². The van der Waals surface area contributed by atoms with Crippen molar-refractivity contribution in [1.29, 1.82) is 0 Å². The lowest BCUT2D eigenvalue weighted by Gasteiger charge is -2.50. The van der Waals surface area contributed by atoms with Crippen molar-refractivity contribution in [2.45, 2.75) is 38.5 Å². The third-order valence-corrected chi connectivity index (χ3v) is 6.85. The van der Waals surface area contributed by atoms with E-state index in [0.717, 1.165) is 25.7 Å². The van der Waals surface area contributed by atoms with E-state index in [2.05, 4.69) is 12.2 Å². The molecular formula is C12H18O2S. The molecule has 0 aromatic heterocycles. The van der Waals surface area contributed by atoms with Crippen LogP contribution >= 0.6 is 0 Å². The number of hydrogen-bond acceptors (Lipinski definition) is 2. The molecule has 1 heterocycles. The summed E-state index contributed by atoms with van der Waals surface area (Å²) >= 11 is 0. The van der Waals surface area contributed by atoms with Crippen LogP contribution in [0.3, 0.4) is 0 Å². The zero-order chi connectivity index (χ0) is 10.6. The van der Waals surface area contributed by atoms with Crippen molar-refractivity contribution in [3.8, 4) is 0 Å². The second-order valence-electron chi connectivity index (χ2n) is 5.68. The Hall–Kier alpha value is -0.310. The molecule has 1 saturated carbocycles. The molecule has 3 heteroatoms. The molecule has 3 aliphatic rings. The predicted molar refractivity (Wildman–Crippen MR) is 60.4 cm³/mol. The highest BCUT2D eigenvalue weighted by molar-refractivity contribution is 7.91. The molecule has 0 aromatic rings. The summed E-state index contributed by atoms with van der Waals surface area (Å²) in [4.78, 5) is 0. The minimum atomic E-state index is -2.77. The molecule has 0 radical (unpaired) electrons. The van der Waals surface area contributed by atoms with Gasteiger partial charge in [-0.1, -0.05) is 25.0 Å². The first-order valence-corrected chi connectivity index (χ1v) is 7.75. The average Bonchev–Trinajstić information content (AvgIpc) is 2.42. The lowest BCUT2D eigenvalue weighted by molar-refractivity contribution is 0.0342. The Balaban J connectivity index is 2.11. The highest BCUT2D eigenvalue weighted by Crippen LogP contribution is 2.62. The SMILES string of the molecule is O=S1(=O)C[C@@]23CC=CC[C@]2(CCCC3)C1. The van der Waals surface area contributed by atoms with E-state index in [-0.39, 0.29) is 10.8 Å². The number of sulfone groups is 1. The fraction of sp³-hybridized carbons (Fsp3) is 0.833. The van der Waals surface area contributed by atoms with Crippen LogP contribution in [-0.2, 0) is 9.84 Å². The lowest BCUT2D eigenvalue weighted by Crippen LogP contribution is -2.44. The second kappa shape index (κ2) is 2.88. The van der Waals surface area contributed by atoms with Crippen molar-refractivity contribution in [1.82, 2.24) is 0 Å². The second-order valence-corrected chi connectivity index (χ2v) is 7.74. The van der Waals surface area contributed by atoms with Gasteiger partial charge in [-0.25, -0.2) is 8.42 Å². The molecule has 84 valence electrons. The summed E-state index contributed by atoms with van der Waals surface area (Å²) in [5.41, 5.74) is 0.248. The minimum absolute atomic E-state index is 0.124. The maximum atomic E-state index is 11.9. The van der Waals surface area contributed by atoms with Crippen molar-refractivity contribution in [3.05, 3.63) is 12.2 Å². The van der Waals surface area contributed by atoms with Gasteiger partial charge in [0.2, 0.25) is 0 Å². The van der Waals surface area contributed by atoms with Crippen molar-refractivity contribution in [3.63, 3.8) is 0 Å². The zero-order valence-corrected chi connectivity index (χ0v) is 9.85. The van der Waals surface area contributed by atoms with Crippen molar-refractivity contribution in [2.75, 3.05) is 11.5 Å². The van der Waals surface area contributed by atoms with Crippen molar-refractivity contribution in [2.24, 2.45) is 10.8 Å². The summed E-state index contributed by atoms with van der Waals surface area (Å²) in [5, 5.41) is 0. The summed E-state index contributed by atoms with van der Waals surface area (Å²) in [7, 11) is -2.77. The van der Waals surface area contributed by atoms with Gasteiger partial charge in [-0.15, -0.1) is 0 Å². The molecule has 0 bridgehead atoms. The predicted octanol–water partition coefficient (Wildman–Crippen LogP) is 2.31. The third kappa shape index (κ3) is 1.25. The van der Waals surface area contributed by atoms with Gasteiger partial charge in [0.05, 0.1) is 11.5 Å². The van der Waals surface area contributed by atoms with E-state index in [4.69, 9.17) is 0 Å².